The third-order valence-corrected chi connectivity index (χ3v) is 4.61. The van der Waals surface area contributed by atoms with Gasteiger partial charge in [-0.15, -0.1) is 0 Å². The summed E-state index contributed by atoms with van der Waals surface area (Å²) >= 11 is 0. The zero-order valence-corrected chi connectivity index (χ0v) is 14.6. The summed E-state index contributed by atoms with van der Waals surface area (Å²) in [5.41, 5.74) is 1.45. The highest BCUT2D eigenvalue weighted by Gasteiger charge is 2.17. The topological polar surface area (TPSA) is 35.6 Å². The number of benzene rings is 2. The van der Waals surface area contributed by atoms with E-state index in [1.807, 2.05) is 6.07 Å². The molecular weight excluding hydrogens is 336 g/mol. The summed E-state index contributed by atoms with van der Waals surface area (Å²) in [6, 6.07) is 13.6. The van der Waals surface area contributed by atoms with Crippen molar-refractivity contribution < 1.29 is 13.6 Å². The van der Waals surface area contributed by atoms with Crippen molar-refractivity contribution in [1.82, 2.24) is 15.1 Å². The lowest BCUT2D eigenvalue weighted by Gasteiger charge is -2.34. The highest BCUT2D eigenvalue weighted by atomic mass is 19.2. The van der Waals surface area contributed by atoms with E-state index in [2.05, 4.69) is 39.4 Å². The van der Waals surface area contributed by atoms with E-state index >= 15 is 0 Å². The molecule has 26 heavy (non-hydrogen) atoms. The van der Waals surface area contributed by atoms with Gasteiger partial charge in [0.15, 0.2) is 11.6 Å². The van der Waals surface area contributed by atoms with Crippen molar-refractivity contribution in [3.63, 3.8) is 0 Å². The summed E-state index contributed by atoms with van der Waals surface area (Å²) < 4.78 is 26.1. The van der Waals surface area contributed by atoms with Crippen LogP contribution in [0.25, 0.3) is 0 Å². The summed E-state index contributed by atoms with van der Waals surface area (Å²) in [5.74, 6) is -2.34. The molecule has 0 spiro atoms. The lowest BCUT2D eigenvalue weighted by atomic mass is 10.2. The first-order valence-corrected chi connectivity index (χ1v) is 8.84. The second kappa shape index (κ2) is 8.87. The summed E-state index contributed by atoms with van der Waals surface area (Å²) in [6.07, 6.45) is 0. The number of halogens is 2. The molecular formula is C20H23F2N3O. The minimum atomic E-state index is -1.01. The minimum Gasteiger partial charge on any atom is -0.351 e. The zero-order valence-electron chi connectivity index (χ0n) is 14.6. The fourth-order valence-corrected chi connectivity index (χ4v) is 3.08. The maximum absolute atomic E-state index is 13.2. The molecule has 1 saturated heterocycles. The maximum atomic E-state index is 13.2. The Labute approximate surface area is 152 Å². The van der Waals surface area contributed by atoms with Crippen LogP contribution in [0.2, 0.25) is 0 Å². The molecule has 1 aliphatic rings. The highest BCUT2D eigenvalue weighted by Crippen LogP contribution is 2.09. The van der Waals surface area contributed by atoms with Crippen LogP contribution in [0.4, 0.5) is 8.78 Å². The van der Waals surface area contributed by atoms with E-state index in [9.17, 15) is 13.6 Å². The van der Waals surface area contributed by atoms with Crippen LogP contribution in [-0.4, -0.2) is 55.0 Å². The van der Waals surface area contributed by atoms with E-state index in [-0.39, 0.29) is 11.5 Å². The van der Waals surface area contributed by atoms with E-state index < -0.39 is 11.6 Å². The van der Waals surface area contributed by atoms with E-state index in [1.54, 1.807) is 0 Å². The average molecular weight is 359 g/mol. The first-order valence-electron chi connectivity index (χ1n) is 8.84. The molecule has 0 aliphatic carbocycles. The number of carbonyl (C=O) groups is 1. The predicted octanol–water partition coefficient (Wildman–Crippen LogP) is 2.51. The van der Waals surface area contributed by atoms with Gasteiger partial charge < -0.3 is 5.32 Å². The molecule has 2 aromatic carbocycles. The van der Waals surface area contributed by atoms with Crippen LogP contribution in [-0.2, 0) is 6.54 Å². The summed E-state index contributed by atoms with van der Waals surface area (Å²) in [5, 5.41) is 2.76. The SMILES string of the molecule is O=C(NCCN1CCN(Cc2ccccc2)CC1)c1ccc(F)c(F)c1. The Kier molecular flexibility index (Phi) is 6.30. The Morgan fingerprint density at radius 1 is 0.923 bits per heavy atom. The number of piperazine rings is 1. The van der Waals surface area contributed by atoms with E-state index in [0.717, 1.165) is 51.4 Å². The molecule has 2 aromatic rings. The highest BCUT2D eigenvalue weighted by molar-refractivity contribution is 5.94. The molecule has 0 unspecified atom stereocenters. The molecule has 0 bridgehead atoms. The third-order valence-electron chi connectivity index (χ3n) is 4.61. The third kappa shape index (κ3) is 5.09. The summed E-state index contributed by atoms with van der Waals surface area (Å²) in [7, 11) is 0. The van der Waals surface area contributed by atoms with Crippen molar-refractivity contribution in [3.05, 3.63) is 71.3 Å². The van der Waals surface area contributed by atoms with Gasteiger partial charge in [0.05, 0.1) is 0 Å². The molecule has 3 rings (SSSR count). The van der Waals surface area contributed by atoms with Crippen LogP contribution in [0.1, 0.15) is 15.9 Å². The number of nitrogens with zero attached hydrogens (tertiary/aromatic N) is 2. The van der Waals surface area contributed by atoms with Gasteiger partial charge in [0.1, 0.15) is 0 Å². The van der Waals surface area contributed by atoms with Gasteiger partial charge in [-0.2, -0.15) is 0 Å². The normalized spacial score (nSPS) is 15.8. The van der Waals surface area contributed by atoms with E-state index in [0.29, 0.717) is 6.54 Å². The Bertz CT molecular complexity index is 731. The maximum Gasteiger partial charge on any atom is 0.251 e. The van der Waals surface area contributed by atoms with Crippen molar-refractivity contribution in [2.24, 2.45) is 0 Å². The van der Waals surface area contributed by atoms with Gasteiger partial charge in [-0.1, -0.05) is 30.3 Å². The Morgan fingerprint density at radius 2 is 1.62 bits per heavy atom. The van der Waals surface area contributed by atoms with Crippen LogP contribution in [0.5, 0.6) is 0 Å². The molecule has 0 saturated carbocycles. The summed E-state index contributed by atoms with van der Waals surface area (Å²) in [4.78, 5) is 16.7. The van der Waals surface area contributed by atoms with E-state index in [1.165, 1.54) is 11.6 Å². The fraction of sp³-hybridized carbons (Fsp3) is 0.350. The van der Waals surface area contributed by atoms with Crippen molar-refractivity contribution in [2.45, 2.75) is 6.54 Å². The van der Waals surface area contributed by atoms with Crippen molar-refractivity contribution in [1.29, 1.82) is 0 Å². The summed E-state index contributed by atoms with van der Waals surface area (Å²) in [6.45, 7) is 6.08. The van der Waals surface area contributed by atoms with Crippen molar-refractivity contribution >= 4 is 5.91 Å². The molecule has 1 aliphatic heterocycles. The Morgan fingerprint density at radius 3 is 2.31 bits per heavy atom. The largest absolute Gasteiger partial charge is 0.351 e. The van der Waals surface area contributed by atoms with Gasteiger partial charge in [0.25, 0.3) is 5.91 Å². The smallest absolute Gasteiger partial charge is 0.251 e. The van der Waals surface area contributed by atoms with Crippen LogP contribution < -0.4 is 5.32 Å². The molecule has 1 fully saturated rings. The fourth-order valence-electron chi connectivity index (χ4n) is 3.08. The molecule has 6 heteroatoms. The molecule has 0 atom stereocenters. The van der Waals surface area contributed by atoms with Gasteiger partial charge in [-0.3, -0.25) is 14.6 Å². The van der Waals surface area contributed by atoms with Crippen LogP contribution in [0.3, 0.4) is 0 Å². The van der Waals surface area contributed by atoms with Gasteiger partial charge in [0, 0.05) is 51.4 Å². The lowest BCUT2D eigenvalue weighted by molar-refractivity contribution is 0.0933. The molecule has 138 valence electrons. The predicted molar refractivity (Wildman–Crippen MR) is 96.9 cm³/mol. The second-order valence-electron chi connectivity index (χ2n) is 6.49. The molecule has 4 nitrogen and oxygen atoms in total. The number of hydrogen-bond donors (Lipinski definition) is 1. The van der Waals surface area contributed by atoms with Crippen LogP contribution >= 0.6 is 0 Å². The number of carbonyl (C=O) groups excluding carboxylic acids is 1. The zero-order chi connectivity index (χ0) is 18.4. The van der Waals surface area contributed by atoms with Gasteiger partial charge >= 0.3 is 0 Å². The van der Waals surface area contributed by atoms with Crippen molar-refractivity contribution in [2.75, 3.05) is 39.3 Å². The van der Waals surface area contributed by atoms with Gasteiger partial charge in [-0.25, -0.2) is 8.78 Å². The number of nitrogens with one attached hydrogen (secondary N) is 1. The molecule has 1 amide bonds. The lowest BCUT2D eigenvalue weighted by Crippen LogP contribution is -2.48. The molecule has 1 heterocycles. The van der Waals surface area contributed by atoms with Crippen LogP contribution in [0, 0.1) is 11.6 Å². The molecule has 1 N–H and O–H groups in total. The van der Waals surface area contributed by atoms with Gasteiger partial charge in [0.2, 0.25) is 0 Å². The van der Waals surface area contributed by atoms with Crippen LogP contribution in [0.15, 0.2) is 48.5 Å². The first kappa shape index (κ1) is 18.5. The first-order chi connectivity index (χ1) is 12.6. The Balaban J connectivity index is 1.37. The quantitative estimate of drug-likeness (QED) is 0.861. The standard InChI is InChI=1S/C20H23F2N3O/c21-18-7-6-17(14-19(18)22)20(26)23-8-9-24-10-12-25(13-11-24)15-16-4-2-1-3-5-16/h1-7,14H,8-13,15H2,(H,23,26). The number of hydrogen-bond acceptors (Lipinski definition) is 3. The number of rotatable bonds is 6. The molecule has 0 aromatic heterocycles. The minimum absolute atomic E-state index is 0.136. The van der Waals surface area contributed by atoms with E-state index in [4.69, 9.17) is 0 Å². The average Bonchev–Trinajstić information content (AvgIpc) is 2.66. The monoisotopic (exact) mass is 359 g/mol. The van der Waals surface area contributed by atoms with Crippen molar-refractivity contribution in [3.8, 4) is 0 Å². The second-order valence-corrected chi connectivity index (χ2v) is 6.49. The number of amides is 1. The molecule has 0 radical (unpaired) electrons. The Hall–Kier alpha value is -2.31. The van der Waals surface area contributed by atoms with Gasteiger partial charge in [-0.05, 0) is 23.8 Å².